The van der Waals surface area contributed by atoms with Gasteiger partial charge in [0.05, 0.1) is 17.0 Å². The topological polar surface area (TPSA) is 86.0 Å². The monoisotopic (exact) mass is 428 g/mol. The Kier molecular flexibility index (Phi) is 5.48. The highest BCUT2D eigenvalue weighted by Gasteiger charge is 2.20. The molecule has 0 aliphatic rings. The second kappa shape index (κ2) is 8.26. The van der Waals surface area contributed by atoms with Crippen molar-refractivity contribution < 1.29 is 4.79 Å². The van der Waals surface area contributed by atoms with Gasteiger partial charge < -0.3 is 5.32 Å². The molecule has 0 bridgehead atoms. The Bertz CT molecular complexity index is 1450. The minimum Gasteiger partial charge on any atom is -0.341 e. The molecule has 0 unspecified atom stereocenters. The molecule has 1 N–H and O–H groups in total. The average molecular weight is 428 g/mol. The highest BCUT2D eigenvalue weighted by molar-refractivity contribution is 5.97. The second-order valence-electron chi connectivity index (χ2n) is 7.96. The van der Waals surface area contributed by atoms with Crippen LogP contribution in [0.15, 0.2) is 70.4 Å². The molecule has 4 aromatic rings. The van der Waals surface area contributed by atoms with Crippen LogP contribution in [0, 0.1) is 13.8 Å². The van der Waals surface area contributed by atoms with Gasteiger partial charge in [0.15, 0.2) is 0 Å². The van der Waals surface area contributed by atoms with Gasteiger partial charge in [0.1, 0.15) is 5.65 Å². The van der Waals surface area contributed by atoms with E-state index in [9.17, 15) is 14.4 Å². The molecule has 0 fully saturated rings. The van der Waals surface area contributed by atoms with Gasteiger partial charge in [0.25, 0.3) is 11.5 Å². The highest BCUT2D eigenvalue weighted by atomic mass is 16.2. The van der Waals surface area contributed by atoms with E-state index in [0.717, 1.165) is 21.3 Å². The summed E-state index contributed by atoms with van der Waals surface area (Å²) in [6.45, 7) is 4.08. The Morgan fingerprint density at radius 1 is 0.906 bits per heavy atom. The molecule has 0 saturated carbocycles. The lowest BCUT2D eigenvalue weighted by atomic mass is 9.95. The standard InChI is InChI=1S/C25H24N4O3/c1-15-10-11-18(12-16(15)2)21(17-8-6-5-7-9-17)27-23(30)19-13-20-22(26-14-19)28(3)25(32)29(4)24(20)31/h5-14,21H,1-4H3,(H,27,30)/t21-/m1/s1. The van der Waals surface area contributed by atoms with Crippen LogP contribution in [0.4, 0.5) is 0 Å². The number of nitrogens with zero attached hydrogens (tertiary/aromatic N) is 3. The maximum absolute atomic E-state index is 13.2. The minimum absolute atomic E-state index is 0.213. The molecule has 7 heteroatoms. The third-order valence-electron chi connectivity index (χ3n) is 5.83. The van der Waals surface area contributed by atoms with Crippen molar-refractivity contribution >= 4 is 16.9 Å². The number of hydrogen-bond acceptors (Lipinski definition) is 4. The van der Waals surface area contributed by atoms with Crippen molar-refractivity contribution in [2.24, 2.45) is 14.1 Å². The van der Waals surface area contributed by atoms with Crippen LogP contribution < -0.4 is 16.6 Å². The van der Waals surface area contributed by atoms with E-state index in [1.54, 1.807) is 7.05 Å². The second-order valence-corrected chi connectivity index (χ2v) is 7.96. The SMILES string of the molecule is Cc1ccc([C@H](NC(=O)c2cnc3c(c2)c(=O)n(C)c(=O)n3C)c2ccccc2)cc1C. The lowest BCUT2D eigenvalue weighted by molar-refractivity contribution is 0.0942. The number of carbonyl (C=O) groups is 1. The molecule has 4 rings (SSSR count). The lowest BCUT2D eigenvalue weighted by Gasteiger charge is -2.21. The molecule has 1 amide bonds. The van der Waals surface area contributed by atoms with Crippen molar-refractivity contribution in [2.45, 2.75) is 19.9 Å². The Labute approximate surface area is 185 Å². The van der Waals surface area contributed by atoms with Crippen molar-refractivity contribution in [1.29, 1.82) is 0 Å². The summed E-state index contributed by atoms with van der Waals surface area (Å²) >= 11 is 0. The van der Waals surface area contributed by atoms with Crippen molar-refractivity contribution in [2.75, 3.05) is 0 Å². The Morgan fingerprint density at radius 3 is 2.31 bits per heavy atom. The third kappa shape index (κ3) is 3.73. The van der Waals surface area contributed by atoms with Gasteiger partial charge in [-0.3, -0.25) is 18.7 Å². The first-order chi connectivity index (χ1) is 15.3. The first-order valence-electron chi connectivity index (χ1n) is 10.3. The zero-order chi connectivity index (χ0) is 23.0. The van der Waals surface area contributed by atoms with Crippen LogP contribution in [0.25, 0.3) is 11.0 Å². The number of hydrogen-bond donors (Lipinski definition) is 1. The average Bonchev–Trinajstić information content (AvgIpc) is 2.81. The van der Waals surface area contributed by atoms with Gasteiger partial charge in [-0.25, -0.2) is 9.78 Å². The molecule has 0 spiro atoms. The highest BCUT2D eigenvalue weighted by Crippen LogP contribution is 2.24. The molecule has 0 aliphatic carbocycles. The zero-order valence-electron chi connectivity index (χ0n) is 18.4. The number of rotatable bonds is 4. The summed E-state index contributed by atoms with van der Waals surface area (Å²) in [6, 6.07) is 16.9. The molecule has 162 valence electrons. The van der Waals surface area contributed by atoms with Crippen molar-refractivity contribution in [1.82, 2.24) is 19.4 Å². The summed E-state index contributed by atoms with van der Waals surface area (Å²) in [6.07, 6.45) is 1.39. The normalized spacial score (nSPS) is 12.0. The summed E-state index contributed by atoms with van der Waals surface area (Å²) < 4.78 is 2.30. The number of aryl methyl sites for hydroxylation is 3. The van der Waals surface area contributed by atoms with Gasteiger partial charge in [-0.05, 0) is 42.2 Å². The first-order valence-corrected chi connectivity index (χ1v) is 10.3. The van der Waals surface area contributed by atoms with Crippen LogP contribution in [0.5, 0.6) is 0 Å². The quantitative estimate of drug-likeness (QED) is 0.542. The lowest BCUT2D eigenvalue weighted by Crippen LogP contribution is -2.37. The number of pyridine rings is 1. The Morgan fingerprint density at radius 2 is 1.62 bits per heavy atom. The molecule has 32 heavy (non-hydrogen) atoms. The van der Waals surface area contributed by atoms with Crippen LogP contribution in [0.2, 0.25) is 0 Å². The zero-order valence-corrected chi connectivity index (χ0v) is 18.4. The number of benzene rings is 2. The van der Waals surface area contributed by atoms with Crippen molar-refractivity contribution in [3.8, 4) is 0 Å². The largest absolute Gasteiger partial charge is 0.341 e. The number of aromatic nitrogens is 3. The fourth-order valence-corrected chi connectivity index (χ4v) is 3.75. The predicted octanol–water partition coefficient (Wildman–Crippen LogP) is 2.77. The van der Waals surface area contributed by atoms with E-state index < -0.39 is 11.2 Å². The van der Waals surface area contributed by atoms with E-state index in [4.69, 9.17) is 0 Å². The van der Waals surface area contributed by atoms with Gasteiger partial charge in [-0.1, -0.05) is 48.5 Å². The fraction of sp³-hybridized carbons (Fsp3) is 0.200. The number of fused-ring (bicyclic) bond motifs is 1. The molecular weight excluding hydrogens is 404 g/mol. The summed E-state index contributed by atoms with van der Waals surface area (Å²) in [5.41, 5.74) is 3.74. The van der Waals surface area contributed by atoms with Gasteiger partial charge in [0.2, 0.25) is 0 Å². The van der Waals surface area contributed by atoms with E-state index in [0.29, 0.717) is 0 Å². The van der Waals surface area contributed by atoms with E-state index in [-0.39, 0.29) is 28.5 Å². The van der Waals surface area contributed by atoms with Crippen molar-refractivity contribution in [3.63, 3.8) is 0 Å². The van der Waals surface area contributed by atoms with E-state index >= 15 is 0 Å². The molecule has 7 nitrogen and oxygen atoms in total. The predicted molar refractivity (Wildman–Crippen MR) is 124 cm³/mol. The van der Waals surface area contributed by atoms with Crippen LogP contribution in [-0.2, 0) is 14.1 Å². The molecule has 0 aliphatic heterocycles. The smallest absolute Gasteiger partial charge is 0.332 e. The molecule has 2 aromatic carbocycles. The minimum atomic E-state index is -0.487. The van der Waals surface area contributed by atoms with Crippen LogP contribution in [0.1, 0.15) is 38.7 Å². The summed E-state index contributed by atoms with van der Waals surface area (Å²) in [5.74, 6) is -0.359. The molecule has 0 saturated heterocycles. The van der Waals surface area contributed by atoms with Gasteiger partial charge in [-0.2, -0.15) is 0 Å². The van der Waals surface area contributed by atoms with Crippen LogP contribution in [0.3, 0.4) is 0 Å². The maximum Gasteiger partial charge on any atom is 0.332 e. The summed E-state index contributed by atoms with van der Waals surface area (Å²) in [7, 11) is 2.95. The Balaban J connectivity index is 1.77. The summed E-state index contributed by atoms with van der Waals surface area (Å²) in [5, 5.41) is 3.29. The molecular formula is C25H24N4O3. The van der Waals surface area contributed by atoms with Crippen LogP contribution in [-0.4, -0.2) is 20.0 Å². The van der Waals surface area contributed by atoms with E-state index in [2.05, 4.69) is 16.4 Å². The van der Waals surface area contributed by atoms with E-state index in [1.807, 2.05) is 56.3 Å². The number of nitrogens with one attached hydrogen (secondary N) is 1. The first kappa shape index (κ1) is 21.2. The summed E-state index contributed by atoms with van der Waals surface area (Å²) in [4.78, 5) is 42.2. The number of carbonyl (C=O) groups excluding carboxylic acids is 1. The van der Waals surface area contributed by atoms with Crippen LogP contribution >= 0.6 is 0 Å². The molecule has 2 heterocycles. The Hall–Kier alpha value is -4.00. The fourth-order valence-electron chi connectivity index (χ4n) is 3.75. The maximum atomic E-state index is 13.2. The van der Waals surface area contributed by atoms with Gasteiger partial charge in [0, 0.05) is 20.3 Å². The van der Waals surface area contributed by atoms with Gasteiger partial charge >= 0.3 is 5.69 Å². The van der Waals surface area contributed by atoms with Crippen molar-refractivity contribution in [3.05, 3.63) is 109 Å². The van der Waals surface area contributed by atoms with Gasteiger partial charge in [-0.15, -0.1) is 0 Å². The van der Waals surface area contributed by atoms with E-state index in [1.165, 1.54) is 29.4 Å². The molecule has 0 radical (unpaired) electrons. The molecule has 2 aromatic heterocycles. The molecule has 1 atom stereocenters. The number of amides is 1. The third-order valence-corrected chi connectivity index (χ3v) is 5.83.